The summed E-state index contributed by atoms with van der Waals surface area (Å²) in [5, 5.41) is 8.92. The molecule has 2 aromatic rings. The smallest absolute Gasteiger partial charge is 0.0936 e. The van der Waals surface area contributed by atoms with Gasteiger partial charge in [-0.25, -0.2) is 4.98 Å². The third kappa shape index (κ3) is 1.93. The number of hydrogen-bond acceptors (Lipinski definition) is 4. The van der Waals surface area contributed by atoms with Crippen molar-refractivity contribution in [2.75, 3.05) is 13.1 Å². The highest BCUT2D eigenvalue weighted by Gasteiger charge is 2.19. The summed E-state index contributed by atoms with van der Waals surface area (Å²) >= 11 is 3.59. The van der Waals surface area contributed by atoms with Crippen molar-refractivity contribution in [3.05, 3.63) is 27.4 Å². The summed E-state index contributed by atoms with van der Waals surface area (Å²) in [6, 6.07) is 2.16. The molecule has 3 rings (SSSR count). The monoisotopic (exact) mass is 250 g/mol. The second-order valence-corrected chi connectivity index (χ2v) is 6.15. The van der Waals surface area contributed by atoms with Crippen LogP contribution in [0.1, 0.15) is 10.6 Å². The average molecular weight is 250 g/mol. The maximum atomic E-state index is 4.74. The van der Waals surface area contributed by atoms with Crippen molar-refractivity contribution in [3.8, 4) is 10.6 Å². The SMILES string of the molecule is Cc1ccsc1-c1csc(CC2CNC2)n1. The Balaban J connectivity index is 1.79. The van der Waals surface area contributed by atoms with Crippen molar-refractivity contribution in [2.24, 2.45) is 5.92 Å². The van der Waals surface area contributed by atoms with Gasteiger partial charge in [0.1, 0.15) is 0 Å². The van der Waals surface area contributed by atoms with Crippen LogP contribution in [0.5, 0.6) is 0 Å². The van der Waals surface area contributed by atoms with E-state index < -0.39 is 0 Å². The Morgan fingerprint density at radius 1 is 1.44 bits per heavy atom. The summed E-state index contributed by atoms with van der Waals surface area (Å²) in [4.78, 5) is 6.06. The van der Waals surface area contributed by atoms with E-state index in [2.05, 4.69) is 29.1 Å². The summed E-state index contributed by atoms with van der Waals surface area (Å²) in [6.07, 6.45) is 1.14. The lowest BCUT2D eigenvalue weighted by Gasteiger charge is -2.25. The molecule has 0 unspecified atom stereocenters. The van der Waals surface area contributed by atoms with E-state index in [0.717, 1.165) is 25.4 Å². The molecular weight excluding hydrogens is 236 g/mol. The summed E-state index contributed by atoms with van der Waals surface area (Å²) in [6.45, 7) is 4.47. The van der Waals surface area contributed by atoms with Crippen LogP contribution in [0.3, 0.4) is 0 Å². The van der Waals surface area contributed by atoms with Crippen molar-refractivity contribution in [1.82, 2.24) is 10.3 Å². The highest BCUT2D eigenvalue weighted by Crippen LogP contribution is 2.30. The zero-order valence-corrected chi connectivity index (χ0v) is 10.8. The molecule has 3 heterocycles. The zero-order chi connectivity index (χ0) is 11.0. The summed E-state index contributed by atoms with van der Waals surface area (Å²) in [5.41, 5.74) is 2.51. The van der Waals surface area contributed by atoms with Gasteiger partial charge in [-0.05, 0) is 42.9 Å². The van der Waals surface area contributed by atoms with Crippen LogP contribution in [-0.4, -0.2) is 18.1 Å². The molecule has 84 valence electrons. The number of nitrogens with zero attached hydrogens (tertiary/aromatic N) is 1. The molecule has 0 bridgehead atoms. The average Bonchev–Trinajstić information content (AvgIpc) is 2.80. The highest BCUT2D eigenvalue weighted by atomic mass is 32.1. The van der Waals surface area contributed by atoms with Crippen LogP contribution in [0.2, 0.25) is 0 Å². The first-order valence-electron chi connectivity index (χ1n) is 5.52. The van der Waals surface area contributed by atoms with E-state index in [-0.39, 0.29) is 0 Å². The molecule has 0 aliphatic carbocycles. The first kappa shape index (κ1) is 10.4. The van der Waals surface area contributed by atoms with Gasteiger partial charge in [0.15, 0.2) is 0 Å². The van der Waals surface area contributed by atoms with Gasteiger partial charge < -0.3 is 5.32 Å². The number of nitrogens with one attached hydrogen (secondary N) is 1. The van der Waals surface area contributed by atoms with Gasteiger partial charge >= 0.3 is 0 Å². The fourth-order valence-corrected chi connectivity index (χ4v) is 3.75. The second kappa shape index (κ2) is 4.28. The molecule has 1 saturated heterocycles. The fraction of sp³-hybridized carbons (Fsp3) is 0.417. The van der Waals surface area contributed by atoms with E-state index in [4.69, 9.17) is 4.98 Å². The molecule has 0 amide bonds. The van der Waals surface area contributed by atoms with E-state index in [1.807, 2.05) is 0 Å². The van der Waals surface area contributed by atoms with Crippen molar-refractivity contribution < 1.29 is 0 Å². The van der Waals surface area contributed by atoms with Crippen LogP contribution in [0.25, 0.3) is 10.6 Å². The topological polar surface area (TPSA) is 24.9 Å². The van der Waals surface area contributed by atoms with E-state index >= 15 is 0 Å². The molecule has 0 spiro atoms. The summed E-state index contributed by atoms with van der Waals surface area (Å²) in [7, 11) is 0. The Morgan fingerprint density at radius 2 is 2.31 bits per heavy atom. The zero-order valence-electron chi connectivity index (χ0n) is 9.19. The number of aromatic nitrogens is 1. The number of aryl methyl sites for hydroxylation is 1. The number of rotatable bonds is 3. The molecular formula is C12H14N2S2. The van der Waals surface area contributed by atoms with Gasteiger partial charge in [0.2, 0.25) is 0 Å². The molecule has 0 aromatic carbocycles. The highest BCUT2D eigenvalue weighted by molar-refractivity contribution is 7.14. The molecule has 1 aliphatic rings. The third-order valence-corrected chi connectivity index (χ3v) is 4.89. The number of thiophene rings is 1. The Kier molecular flexibility index (Phi) is 2.79. The molecule has 16 heavy (non-hydrogen) atoms. The quantitative estimate of drug-likeness (QED) is 0.906. The van der Waals surface area contributed by atoms with E-state index in [1.54, 1.807) is 22.7 Å². The van der Waals surface area contributed by atoms with Gasteiger partial charge in [-0.3, -0.25) is 0 Å². The molecule has 2 aromatic heterocycles. The number of hydrogen-bond donors (Lipinski definition) is 1. The molecule has 1 aliphatic heterocycles. The summed E-state index contributed by atoms with van der Waals surface area (Å²) < 4.78 is 0. The second-order valence-electron chi connectivity index (χ2n) is 4.29. The summed E-state index contributed by atoms with van der Waals surface area (Å²) in [5.74, 6) is 0.809. The van der Waals surface area contributed by atoms with E-state index in [1.165, 1.54) is 21.1 Å². The van der Waals surface area contributed by atoms with Crippen LogP contribution >= 0.6 is 22.7 Å². The van der Waals surface area contributed by atoms with Crippen molar-refractivity contribution >= 4 is 22.7 Å². The van der Waals surface area contributed by atoms with Gasteiger partial charge in [0, 0.05) is 11.8 Å². The molecule has 0 radical (unpaired) electrons. The normalized spacial score (nSPS) is 16.3. The van der Waals surface area contributed by atoms with Gasteiger partial charge in [0.25, 0.3) is 0 Å². The minimum absolute atomic E-state index is 0.809. The maximum Gasteiger partial charge on any atom is 0.0936 e. The van der Waals surface area contributed by atoms with Gasteiger partial charge in [-0.15, -0.1) is 22.7 Å². The Hall–Kier alpha value is -0.710. The van der Waals surface area contributed by atoms with Crippen LogP contribution in [-0.2, 0) is 6.42 Å². The largest absolute Gasteiger partial charge is 0.316 e. The standard InChI is InChI=1S/C12H14N2S2/c1-8-2-3-15-12(8)10-7-16-11(14-10)4-9-5-13-6-9/h2-3,7,9,13H,4-6H2,1H3. The Morgan fingerprint density at radius 3 is 2.94 bits per heavy atom. The lowest BCUT2D eigenvalue weighted by atomic mass is 10.0. The first-order chi connectivity index (χ1) is 7.83. The maximum absolute atomic E-state index is 4.74. The van der Waals surface area contributed by atoms with Crippen LogP contribution < -0.4 is 5.32 Å². The molecule has 0 saturated carbocycles. The molecule has 1 N–H and O–H groups in total. The first-order valence-corrected chi connectivity index (χ1v) is 7.28. The van der Waals surface area contributed by atoms with Gasteiger partial charge in [-0.2, -0.15) is 0 Å². The van der Waals surface area contributed by atoms with Crippen molar-refractivity contribution in [3.63, 3.8) is 0 Å². The van der Waals surface area contributed by atoms with E-state index in [0.29, 0.717) is 0 Å². The minimum atomic E-state index is 0.809. The van der Waals surface area contributed by atoms with Crippen molar-refractivity contribution in [2.45, 2.75) is 13.3 Å². The van der Waals surface area contributed by atoms with Crippen molar-refractivity contribution in [1.29, 1.82) is 0 Å². The number of thiazole rings is 1. The lowest BCUT2D eigenvalue weighted by molar-refractivity contribution is 0.346. The Bertz CT molecular complexity index is 483. The van der Waals surface area contributed by atoms with E-state index in [9.17, 15) is 0 Å². The predicted molar refractivity (Wildman–Crippen MR) is 70.2 cm³/mol. The molecule has 2 nitrogen and oxygen atoms in total. The van der Waals surface area contributed by atoms with Crippen LogP contribution in [0, 0.1) is 12.8 Å². The lowest BCUT2D eigenvalue weighted by Crippen LogP contribution is -2.43. The van der Waals surface area contributed by atoms with Gasteiger partial charge in [0.05, 0.1) is 15.6 Å². The third-order valence-electron chi connectivity index (χ3n) is 2.98. The molecule has 0 atom stereocenters. The predicted octanol–water partition coefficient (Wildman–Crippen LogP) is 2.94. The van der Waals surface area contributed by atoms with Crippen LogP contribution in [0.4, 0.5) is 0 Å². The minimum Gasteiger partial charge on any atom is -0.316 e. The Labute approximate surface area is 103 Å². The molecule has 4 heteroatoms. The fourth-order valence-electron chi connectivity index (χ4n) is 1.88. The van der Waals surface area contributed by atoms with Crippen LogP contribution in [0.15, 0.2) is 16.8 Å². The molecule has 1 fully saturated rings. The van der Waals surface area contributed by atoms with Gasteiger partial charge in [-0.1, -0.05) is 0 Å².